The van der Waals surface area contributed by atoms with Crippen LogP contribution in [0.4, 0.5) is 8.78 Å². The third-order valence-electron chi connectivity index (χ3n) is 0.821. The fourth-order valence-electron chi connectivity index (χ4n) is 0.383. The molecule has 0 atom stereocenters. The fourth-order valence-corrected chi connectivity index (χ4v) is 0.383. The molecular formula is C5H9F2O. The normalized spacial score (nSPS) is 12.0. The van der Waals surface area contributed by atoms with Crippen molar-refractivity contribution in [3.63, 3.8) is 0 Å². The Labute approximate surface area is 47.3 Å². The van der Waals surface area contributed by atoms with Gasteiger partial charge in [0, 0.05) is 6.42 Å². The molecule has 0 rings (SSSR count). The summed E-state index contributed by atoms with van der Waals surface area (Å²) in [7, 11) is 0. The van der Waals surface area contributed by atoms with Gasteiger partial charge in [0.05, 0.1) is 0 Å². The van der Waals surface area contributed by atoms with Gasteiger partial charge in [-0.2, -0.15) is 13.9 Å². The molecule has 0 heterocycles. The Kier molecular flexibility index (Phi) is 2.90. The van der Waals surface area contributed by atoms with Gasteiger partial charge in [-0.1, -0.05) is 13.3 Å². The van der Waals surface area contributed by atoms with E-state index in [1.807, 2.05) is 0 Å². The summed E-state index contributed by atoms with van der Waals surface area (Å²) in [6.45, 7) is 1.77. The highest BCUT2D eigenvalue weighted by molar-refractivity contribution is 4.46. The second kappa shape index (κ2) is 2.97. The molecule has 0 saturated heterocycles. The van der Waals surface area contributed by atoms with Gasteiger partial charge >= 0.3 is 6.11 Å². The van der Waals surface area contributed by atoms with E-state index in [9.17, 15) is 13.9 Å². The Morgan fingerprint density at radius 1 is 1.50 bits per heavy atom. The first-order valence-electron chi connectivity index (χ1n) is 2.64. The molecule has 0 unspecified atom stereocenters. The third kappa shape index (κ3) is 5.82. The maximum Gasteiger partial charge on any atom is 0.381 e. The van der Waals surface area contributed by atoms with E-state index in [1.165, 1.54) is 0 Å². The minimum atomic E-state index is -3.70. The van der Waals surface area contributed by atoms with Crippen LogP contribution in [0.15, 0.2) is 0 Å². The molecule has 0 amide bonds. The lowest BCUT2D eigenvalue weighted by atomic mass is 10.2. The summed E-state index contributed by atoms with van der Waals surface area (Å²) < 4.78 is 22.7. The van der Waals surface area contributed by atoms with Gasteiger partial charge in [-0.3, -0.25) is 0 Å². The van der Waals surface area contributed by atoms with Crippen molar-refractivity contribution in [1.29, 1.82) is 0 Å². The monoisotopic (exact) mass is 123 g/mol. The molecule has 0 aliphatic carbocycles. The van der Waals surface area contributed by atoms with Crippen molar-refractivity contribution in [3.8, 4) is 0 Å². The molecule has 1 nitrogen and oxygen atoms in total. The summed E-state index contributed by atoms with van der Waals surface area (Å²) in [5.74, 6) is 0. The second-order valence-corrected chi connectivity index (χ2v) is 1.74. The molecular weight excluding hydrogens is 114 g/mol. The number of rotatable bonds is 3. The summed E-state index contributed by atoms with van der Waals surface area (Å²) in [6.07, 6.45) is -3.26. The van der Waals surface area contributed by atoms with Crippen molar-refractivity contribution in [2.24, 2.45) is 0 Å². The third-order valence-corrected chi connectivity index (χ3v) is 0.821. The summed E-state index contributed by atoms with van der Waals surface area (Å²) in [5.41, 5.74) is 0. The lowest BCUT2D eigenvalue weighted by Crippen LogP contribution is -2.10. The van der Waals surface area contributed by atoms with Gasteiger partial charge in [0.15, 0.2) is 0 Å². The first-order valence-corrected chi connectivity index (χ1v) is 2.64. The van der Waals surface area contributed by atoms with E-state index < -0.39 is 12.5 Å². The van der Waals surface area contributed by atoms with Gasteiger partial charge in [-0.25, -0.2) is 0 Å². The minimum Gasteiger partial charge on any atom is -0.173 e. The second-order valence-electron chi connectivity index (χ2n) is 1.74. The molecule has 0 aromatic heterocycles. The summed E-state index contributed by atoms with van der Waals surface area (Å²) >= 11 is 0. The molecule has 0 fully saturated rings. The Hall–Kier alpha value is -0.180. The van der Waals surface area contributed by atoms with Crippen LogP contribution in [0.5, 0.6) is 0 Å². The number of halogens is 2. The number of alkyl halides is 2. The van der Waals surface area contributed by atoms with E-state index in [-0.39, 0.29) is 0 Å². The predicted octanol–water partition coefficient (Wildman–Crippen LogP) is 2.20. The van der Waals surface area contributed by atoms with Crippen LogP contribution in [0.25, 0.3) is 0 Å². The molecule has 0 N–H and O–H groups in total. The van der Waals surface area contributed by atoms with Gasteiger partial charge in [-0.15, -0.1) is 0 Å². The van der Waals surface area contributed by atoms with Crippen molar-refractivity contribution in [3.05, 3.63) is 0 Å². The van der Waals surface area contributed by atoms with Crippen LogP contribution in [0.3, 0.4) is 0 Å². The maximum atomic E-state index is 11.4. The van der Waals surface area contributed by atoms with Crippen molar-refractivity contribution in [1.82, 2.24) is 0 Å². The standard InChI is InChI=1S/C5H9F2O/c1-2-3-4-5(6,7)8/h2-4H2,1H3. The zero-order valence-electron chi connectivity index (χ0n) is 4.79. The van der Waals surface area contributed by atoms with Gasteiger partial charge < -0.3 is 0 Å². The highest BCUT2D eigenvalue weighted by Gasteiger charge is 2.24. The first-order chi connectivity index (χ1) is 3.56. The lowest BCUT2D eigenvalue weighted by Gasteiger charge is -2.02. The van der Waals surface area contributed by atoms with Gasteiger partial charge in [0.1, 0.15) is 0 Å². The fraction of sp³-hybridized carbons (Fsp3) is 1.00. The number of hydrogen-bond donors (Lipinski definition) is 0. The average molecular weight is 123 g/mol. The molecule has 0 aromatic rings. The molecule has 1 radical (unpaired) electrons. The summed E-state index contributed by atoms with van der Waals surface area (Å²) in [6, 6.07) is 0. The van der Waals surface area contributed by atoms with Crippen LogP contribution in [0.1, 0.15) is 26.2 Å². The highest BCUT2D eigenvalue weighted by Crippen LogP contribution is 2.17. The van der Waals surface area contributed by atoms with Crippen LogP contribution in [0, 0.1) is 0 Å². The van der Waals surface area contributed by atoms with Crippen LogP contribution in [0.2, 0.25) is 0 Å². The van der Waals surface area contributed by atoms with Crippen LogP contribution in [-0.4, -0.2) is 6.11 Å². The Morgan fingerprint density at radius 3 is 2.12 bits per heavy atom. The minimum absolute atomic E-state index is 0.316. The largest absolute Gasteiger partial charge is 0.381 e. The maximum absolute atomic E-state index is 11.4. The van der Waals surface area contributed by atoms with Crippen LogP contribution < -0.4 is 0 Å². The smallest absolute Gasteiger partial charge is 0.173 e. The van der Waals surface area contributed by atoms with Crippen molar-refractivity contribution in [2.75, 3.05) is 0 Å². The van der Waals surface area contributed by atoms with E-state index in [0.29, 0.717) is 12.8 Å². The Morgan fingerprint density at radius 2 is 2.00 bits per heavy atom. The molecule has 0 aromatic carbocycles. The topological polar surface area (TPSA) is 19.9 Å². The average Bonchev–Trinajstić information content (AvgIpc) is 1.59. The molecule has 49 valence electrons. The lowest BCUT2D eigenvalue weighted by molar-refractivity contribution is -0.245. The quantitative estimate of drug-likeness (QED) is 0.548. The van der Waals surface area contributed by atoms with Crippen molar-refractivity contribution >= 4 is 0 Å². The van der Waals surface area contributed by atoms with Gasteiger partial charge in [0.2, 0.25) is 0 Å². The van der Waals surface area contributed by atoms with Gasteiger partial charge in [0.25, 0.3) is 0 Å². The molecule has 3 heteroatoms. The van der Waals surface area contributed by atoms with E-state index in [2.05, 4.69) is 0 Å². The summed E-state index contributed by atoms with van der Waals surface area (Å²) in [4.78, 5) is 0. The molecule has 0 spiro atoms. The van der Waals surface area contributed by atoms with Crippen LogP contribution >= 0.6 is 0 Å². The van der Waals surface area contributed by atoms with Crippen molar-refractivity contribution < 1.29 is 13.9 Å². The predicted molar refractivity (Wildman–Crippen MR) is 25.2 cm³/mol. The molecule has 8 heavy (non-hydrogen) atoms. The molecule has 0 aliphatic heterocycles. The Bertz CT molecular complexity index is 57.9. The van der Waals surface area contributed by atoms with Crippen molar-refractivity contribution in [2.45, 2.75) is 32.3 Å². The van der Waals surface area contributed by atoms with Gasteiger partial charge in [-0.05, 0) is 6.42 Å². The van der Waals surface area contributed by atoms with Crippen LogP contribution in [-0.2, 0) is 5.11 Å². The molecule has 0 saturated carbocycles. The first kappa shape index (κ1) is 7.82. The van der Waals surface area contributed by atoms with E-state index >= 15 is 0 Å². The number of hydrogen-bond acceptors (Lipinski definition) is 0. The van der Waals surface area contributed by atoms with E-state index in [4.69, 9.17) is 0 Å². The summed E-state index contributed by atoms with van der Waals surface area (Å²) in [5, 5.41) is 9.53. The molecule has 0 bridgehead atoms. The zero-order chi connectivity index (χ0) is 6.62. The van der Waals surface area contributed by atoms with E-state index in [0.717, 1.165) is 0 Å². The highest BCUT2D eigenvalue weighted by atomic mass is 19.3. The SMILES string of the molecule is CCCCC([O])(F)F. The molecule has 0 aliphatic rings. The van der Waals surface area contributed by atoms with E-state index in [1.54, 1.807) is 6.92 Å². The number of unbranched alkanes of at least 4 members (excludes halogenated alkanes) is 1. The Balaban J connectivity index is 3.11. The zero-order valence-corrected chi connectivity index (χ0v) is 4.79.